The van der Waals surface area contributed by atoms with Gasteiger partial charge in [-0.25, -0.2) is 0 Å². The molecule has 0 bridgehead atoms. The number of rotatable bonds is 4. The van der Waals surface area contributed by atoms with E-state index in [1.165, 1.54) is 32.1 Å². The molecule has 0 aromatic carbocycles. The Labute approximate surface area is 172 Å². The highest BCUT2D eigenvalue weighted by molar-refractivity contribution is 5.75. The van der Waals surface area contributed by atoms with Crippen molar-refractivity contribution in [1.29, 1.82) is 0 Å². The summed E-state index contributed by atoms with van der Waals surface area (Å²) in [5.41, 5.74) is 1.87. The van der Waals surface area contributed by atoms with Crippen molar-refractivity contribution < 1.29 is 9.90 Å². The molecule has 0 aromatic heterocycles. The van der Waals surface area contributed by atoms with Crippen LogP contribution in [0.5, 0.6) is 0 Å². The molecule has 0 amide bonds. The summed E-state index contributed by atoms with van der Waals surface area (Å²) in [4.78, 5) is 11.5. The van der Waals surface area contributed by atoms with Gasteiger partial charge >= 0.3 is 0 Å². The largest absolute Gasteiger partial charge is 0.390 e. The van der Waals surface area contributed by atoms with Crippen LogP contribution in [-0.4, -0.2) is 16.5 Å². The molecule has 0 aliphatic heterocycles. The molecule has 0 unspecified atom stereocenters. The fraction of sp³-hybridized carbons (Fsp3) is 0.885. The van der Waals surface area contributed by atoms with Gasteiger partial charge in [-0.3, -0.25) is 0 Å². The first-order chi connectivity index (χ1) is 13.1. The van der Waals surface area contributed by atoms with Crippen LogP contribution in [0.1, 0.15) is 98.8 Å². The molecule has 8 atom stereocenters. The molecule has 4 rings (SSSR count). The zero-order valence-corrected chi connectivity index (χ0v) is 18.9. The molecule has 3 saturated carbocycles. The van der Waals surface area contributed by atoms with Crippen LogP contribution < -0.4 is 0 Å². The number of Topliss-reactive ketones (excluding diaryl/α,β-unsaturated/α-hetero) is 1. The van der Waals surface area contributed by atoms with Gasteiger partial charge in [-0.15, -0.1) is 0 Å². The summed E-state index contributed by atoms with van der Waals surface area (Å²) in [6.07, 6.45) is 14.1. The maximum Gasteiger partial charge on any atom is 0.129 e. The van der Waals surface area contributed by atoms with E-state index in [0.29, 0.717) is 22.5 Å². The zero-order chi connectivity index (χ0) is 20.3. The highest BCUT2D eigenvalue weighted by Gasteiger charge is 2.59. The van der Waals surface area contributed by atoms with E-state index < -0.39 is 5.60 Å². The zero-order valence-electron chi connectivity index (χ0n) is 18.9. The van der Waals surface area contributed by atoms with Gasteiger partial charge in [0.15, 0.2) is 0 Å². The highest BCUT2D eigenvalue weighted by atomic mass is 16.3. The Morgan fingerprint density at radius 1 is 1.14 bits per heavy atom. The Kier molecular flexibility index (Phi) is 5.13. The lowest BCUT2D eigenvalue weighted by Gasteiger charge is -2.59. The number of hydrogen-bond acceptors (Lipinski definition) is 2. The topological polar surface area (TPSA) is 37.3 Å². The summed E-state index contributed by atoms with van der Waals surface area (Å²) in [7, 11) is 0. The van der Waals surface area contributed by atoms with Gasteiger partial charge in [0.1, 0.15) is 5.78 Å². The minimum Gasteiger partial charge on any atom is -0.390 e. The quantitative estimate of drug-likeness (QED) is 0.574. The molecule has 2 heteroatoms. The molecule has 4 aliphatic carbocycles. The summed E-state index contributed by atoms with van der Waals surface area (Å²) in [5, 5.41) is 10.6. The molecule has 4 aliphatic rings. The van der Waals surface area contributed by atoms with E-state index in [9.17, 15) is 9.90 Å². The smallest absolute Gasteiger partial charge is 0.129 e. The Morgan fingerprint density at radius 2 is 1.89 bits per heavy atom. The first-order valence-corrected chi connectivity index (χ1v) is 12.0. The second-order valence-electron chi connectivity index (χ2n) is 11.9. The number of carbonyl (C=O) groups is 1. The molecular formula is C26H42O2. The van der Waals surface area contributed by atoms with Crippen LogP contribution >= 0.6 is 0 Å². The number of allylic oxidation sites excluding steroid dienone is 1. The highest BCUT2D eigenvalue weighted by Crippen LogP contribution is 2.67. The van der Waals surface area contributed by atoms with Crippen LogP contribution in [0.2, 0.25) is 0 Å². The van der Waals surface area contributed by atoms with E-state index in [-0.39, 0.29) is 0 Å². The van der Waals surface area contributed by atoms with E-state index in [2.05, 4.69) is 26.8 Å². The van der Waals surface area contributed by atoms with Crippen LogP contribution in [0.25, 0.3) is 0 Å². The molecule has 1 N–H and O–H groups in total. The molecule has 158 valence electrons. The van der Waals surface area contributed by atoms with Gasteiger partial charge in [-0.05, 0) is 112 Å². The van der Waals surface area contributed by atoms with Gasteiger partial charge in [0.05, 0.1) is 5.60 Å². The molecule has 0 radical (unpaired) electrons. The van der Waals surface area contributed by atoms with Crippen molar-refractivity contribution in [3.63, 3.8) is 0 Å². The SMILES string of the molecule is CC(=O)CC[C@@H](C)[C@H]1CC[C@H]2[C@@H]3CC=C4C[C@@](C)(O)CC[C@]4(C)[C@H]3CC[C@]12C. The van der Waals surface area contributed by atoms with Crippen molar-refractivity contribution in [1.82, 2.24) is 0 Å². The Balaban J connectivity index is 1.55. The maximum absolute atomic E-state index is 11.5. The van der Waals surface area contributed by atoms with Gasteiger partial charge < -0.3 is 9.90 Å². The van der Waals surface area contributed by atoms with E-state index in [4.69, 9.17) is 0 Å². The Morgan fingerprint density at radius 3 is 2.61 bits per heavy atom. The predicted octanol–water partition coefficient (Wildman–Crippen LogP) is 6.32. The first-order valence-electron chi connectivity index (χ1n) is 12.0. The molecule has 2 nitrogen and oxygen atoms in total. The average molecular weight is 387 g/mol. The first kappa shape index (κ1) is 20.6. The van der Waals surface area contributed by atoms with Crippen LogP contribution in [0.4, 0.5) is 0 Å². The summed E-state index contributed by atoms with van der Waals surface area (Å²) in [6.45, 7) is 11.3. The Bertz CT molecular complexity index is 661. The molecule has 0 heterocycles. The summed E-state index contributed by atoms with van der Waals surface area (Å²) in [6, 6.07) is 0. The minimum absolute atomic E-state index is 0.324. The lowest BCUT2D eigenvalue weighted by atomic mass is 9.46. The molecule has 0 aromatic rings. The third kappa shape index (κ3) is 3.22. The second kappa shape index (κ2) is 6.96. The third-order valence-corrected chi connectivity index (χ3v) is 10.1. The summed E-state index contributed by atoms with van der Waals surface area (Å²) in [5.74, 6) is 4.32. The standard InChI is InChI=1S/C26H42O2/c1-17(6-7-18(2)27)21-10-11-22-20-9-8-19-16-24(3,28)14-15-25(19,4)23(20)12-13-26(21,22)5/h8,17,20-23,28H,6-7,9-16H2,1-5H3/t17-,20+,21-,22+,23+,24+,25+,26-/m1/s1. The van der Waals surface area contributed by atoms with Crippen molar-refractivity contribution in [2.45, 2.75) is 104 Å². The van der Waals surface area contributed by atoms with Crippen molar-refractivity contribution in [2.24, 2.45) is 40.4 Å². The van der Waals surface area contributed by atoms with Crippen molar-refractivity contribution in [3.05, 3.63) is 11.6 Å². The average Bonchev–Trinajstić information content (AvgIpc) is 2.97. The molecule has 0 saturated heterocycles. The number of aliphatic hydroxyl groups is 1. The summed E-state index contributed by atoms with van der Waals surface area (Å²) < 4.78 is 0. The molecule has 3 fully saturated rings. The van der Waals surface area contributed by atoms with E-state index in [1.54, 1.807) is 12.5 Å². The second-order valence-corrected chi connectivity index (χ2v) is 11.9. The molecule has 0 spiro atoms. The van der Waals surface area contributed by atoms with Crippen molar-refractivity contribution in [2.75, 3.05) is 0 Å². The molecular weight excluding hydrogens is 344 g/mol. The van der Waals surface area contributed by atoms with E-state index >= 15 is 0 Å². The maximum atomic E-state index is 11.5. The van der Waals surface area contributed by atoms with Gasteiger partial charge in [0, 0.05) is 6.42 Å². The van der Waals surface area contributed by atoms with Crippen LogP contribution in [0, 0.1) is 40.4 Å². The van der Waals surface area contributed by atoms with Gasteiger partial charge in [-0.2, -0.15) is 0 Å². The van der Waals surface area contributed by atoms with Crippen LogP contribution in [0.3, 0.4) is 0 Å². The minimum atomic E-state index is -0.494. The van der Waals surface area contributed by atoms with Gasteiger partial charge in [0.25, 0.3) is 0 Å². The number of carbonyl (C=O) groups excluding carboxylic acids is 1. The monoisotopic (exact) mass is 386 g/mol. The van der Waals surface area contributed by atoms with Crippen molar-refractivity contribution >= 4 is 5.78 Å². The van der Waals surface area contributed by atoms with Gasteiger partial charge in [-0.1, -0.05) is 32.4 Å². The van der Waals surface area contributed by atoms with E-state index in [1.807, 2.05) is 6.92 Å². The fourth-order valence-electron chi connectivity index (χ4n) is 8.41. The van der Waals surface area contributed by atoms with Gasteiger partial charge in [0.2, 0.25) is 0 Å². The summed E-state index contributed by atoms with van der Waals surface area (Å²) >= 11 is 0. The third-order valence-electron chi connectivity index (χ3n) is 10.1. The number of ketones is 1. The molecule has 28 heavy (non-hydrogen) atoms. The Hall–Kier alpha value is -0.630. The van der Waals surface area contributed by atoms with Crippen LogP contribution in [0.15, 0.2) is 11.6 Å². The normalized spacial score (nSPS) is 48.9. The van der Waals surface area contributed by atoms with Crippen molar-refractivity contribution in [3.8, 4) is 0 Å². The van der Waals surface area contributed by atoms with E-state index in [0.717, 1.165) is 55.8 Å². The fourth-order valence-corrected chi connectivity index (χ4v) is 8.41. The lowest BCUT2D eigenvalue weighted by Crippen LogP contribution is -2.52. The lowest BCUT2D eigenvalue weighted by molar-refractivity contribution is -0.117. The predicted molar refractivity (Wildman–Crippen MR) is 115 cm³/mol. The number of fused-ring (bicyclic) bond motifs is 5. The van der Waals surface area contributed by atoms with Crippen LogP contribution in [-0.2, 0) is 4.79 Å². The number of hydrogen-bond donors (Lipinski definition) is 1.